The number of anilines is 1. The van der Waals surface area contributed by atoms with E-state index in [-0.39, 0.29) is 5.56 Å². The quantitative estimate of drug-likeness (QED) is 0.745. The molecule has 0 radical (unpaired) electrons. The van der Waals surface area contributed by atoms with Gasteiger partial charge in [-0.2, -0.15) is 5.26 Å². The fourth-order valence-electron chi connectivity index (χ4n) is 1.99. The molecule has 0 bridgehead atoms. The van der Waals surface area contributed by atoms with Gasteiger partial charge in [0.1, 0.15) is 18.2 Å². The highest BCUT2D eigenvalue weighted by molar-refractivity contribution is 14.1. The second-order valence-corrected chi connectivity index (χ2v) is 5.80. The fraction of sp³-hybridized carbons (Fsp3) is 0.200. The Morgan fingerprint density at radius 1 is 1.35 bits per heavy atom. The molecule has 2 rings (SSSR count). The Morgan fingerprint density at radius 3 is 2.65 bits per heavy atom. The van der Waals surface area contributed by atoms with E-state index in [4.69, 9.17) is 5.26 Å². The topological polar surface area (TPSA) is 96.9 Å². The Morgan fingerprint density at radius 2 is 2.04 bits per heavy atom. The van der Waals surface area contributed by atoms with E-state index in [1.807, 2.05) is 12.1 Å². The van der Waals surface area contributed by atoms with E-state index in [2.05, 4.69) is 27.9 Å². The second-order valence-electron chi connectivity index (χ2n) is 4.64. The zero-order valence-corrected chi connectivity index (χ0v) is 14.4. The lowest BCUT2D eigenvalue weighted by Crippen LogP contribution is -2.43. The molecule has 0 spiro atoms. The lowest BCUT2D eigenvalue weighted by molar-refractivity contribution is -0.116. The fourth-order valence-corrected chi connectivity index (χ4v) is 2.51. The van der Waals surface area contributed by atoms with Crippen molar-refractivity contribution in [2.45, 2.75) is 20.0 Å². The van der Waals surface area contributed by atoms with Crippen molar-refractivity contribution in [3.05, 3.63) is 60.4 Å². The third kappa shape index (κ3) is 3.68. The molecule has 0 saturated heterocycles. The summed E-state index contributed by atoms with van der Waals surface area (Å²) < 4.78 is 2.83. The first-order valence-electron chi connectivity index (χ1n) is 6.76. The zero-order valence-electron chi connectivity index (χ0n) is 12.2. The minimum absolute atomic E-state index is 0.173. The Hall–Kier alpha value is -2.41. The molecule has 118 valence electrons. The van der Waals surface area contributed by atoms with Gasteiger partial charge in [0, 0.05) is 16.3 Å². The maximum Gasteiger partial charge on any atom is 0.331 e. The van der Waals surface area contributed by atoms with Crippen LogP contribution in [0.4, 0.5) is 5.69 Å². The van der Waals surface area contributed by atoms with Crippen LogP contribution in [0.25, 0.3) is 0 Å². The largest absolute Gasteiger partial charge is 0.331 e. The monoisotopic (exact) mass is 424 g/mol. The van der Waals surface area contributed by atoms with Crippen LogP contribution in [0.5, 0.6) is 0 Å². The molecule has 0 atom stereocenters. The number of nitriles is 1. The van der Waals surface area contributed by atoms with Crippen LogP contribution in [0.1, 0.15) is 12.5 Å². The number of carbonyl (C=O) groups excluding carboxylic acids is 1. The summed E-state index contributed by atoms with van der Waals surface area (Å²) in [4.78, 5) is 36.4. The maximum absolute atomic E-state index is 12.2. The van der Waals surface area contributed by atoms with E-state index < -0.39 is 23.7 Å². The smallest absolute Gasteiger partial charge is 0.324 e. The zero-order chi connectivity index (χ0) is 17.0. The molecule has 8 heteroatoms. The SMILES string of the molecule is CCn1cc(C#N)c(=O)n(CC(=O)Nc2ccccc2I)c1=O. The predicted octanol–water partition coefficient (Wildman–Crippen LogP) is 1.14. The Kier molecular flexibility index (Phi) is 5.33. The lowest BCUT2D eigenvalue weighted by atomic mass is 10.3. The number of carbonyl (C=O) groups is 1. The molecule has 7 nitrogen and oxygen atoms in total. The third-order valence-electron chi connectivity index (χ3n) is 3.15. The van der Waals surface area contributed by atoms with Gasteiger partial charge in [0.2, 0.25) is 5.91 Å². The molecule has 1 amide bonds. The Bertz CT molecular complexity index is 908. The number of aromatic nitrogens is 2. The van der Waals surface area contributed by atoms with E-state index in [1.54, 1.807) is 25.1 Å². The number of halogens is 1. The number of para-hydroxylation sites is 1. The van der Waals surface area contributed by atoms with Gasteiger partial charge in [-0.05, 0) is 41.6 Å². The van der Waals surface area contributed by atoms with Gasteiger partial charge in [-0.15, -0.1) is 0 Å². The number of nitrogens with zero attached hydrogens (tertiary/aromatic N) is 3. The summed E-state index contributed by atoms with van der Waals surface area (Å²) in [7, 11) is 0. The standard InChI is InChI=1S/C15H13IN4O3/c1-2-19-8-10(7-17)14(22)20(15(19)23)9-13(21)18-12-6-4-3-5-11(12)16/h3-6,8H,2,9H2,1H3,(H,18,21). The molecule has 23 heavy (non-hydrogen) atoms. The minimum atomic E-state index is -0.764. The summed E-state index contributed by atoms with van der Waals surface area (Å²) in [5.74, 6) is -0.508. The second kappa shape index (κ2) is 7.23. The van der Waals surface area contributed by atoms with E-state index in [1.165, 1.54) is 10.8 Å². The van der Waals surface area contributed by atoms with Gasteiger partial charge in [0.25, 0.3) is 5.56 Å². The number of nitrogens with one attached hydrogen (secondary N) is 1. The average Bonchev–Trinajstić information content (AvgIpc) is 2.54. The highest BCUT2D eigenvalue weighted by Crippen LogP contribution is 2.16. The van der Waals surface area contributed by atoms with Crippen LogP contribution < -0.4 is 16.6 Å². The van der Waals surface area contributed by atoms with Crippen LogP contribution in [-0.4, -0.2) is 15.0 Å². The molecule has 0 aliphatic rings. The van der Waals surface area contributed by atoms with Gasteiger partial charge in [-0.25, -0.2) is 9.36 Å². The Balaban J connectivity index is 2.35. The molecule has 0 saturated carbocycles. The summed E-state index contributed by atoms with van der Waals surface area (Å²) in [5.41, 5.74) is -0.957. The molecule has 1 aromatic carbocycles. The number of hydrogen-bond donors (Lipinski definition) is 1. The van der Waals surface area contributed by atoms with E-state index in [0.717, 1.165) is 8.14 Å². The van der Waals surface area contributed by atoms with Crippen molar-refractivity contribution in [1.29, 1.82) is 5.26 Å². The summed E-state index contributed by atoms with van der Waals surface area (Å²) in [5, 5.41) is 11.6. The van der Waals surface area contributed by atoms with Crippen LogP contribution in [-0.2, 0) is 17.9 Å². The summed E-state index contributed by atoms with van der Waals surface area (Å²) in [6.45, 7) is 1.56. The van der Waals surface area contributed by atoms with E-state index >= 15 is 0 Å². The predicted molar refractivity (Wildman–Crippen MR) is 93.1 cm³/mol. The van der Waals surface area contributed by atoms with E-state index in [9.17, 15) is 14.4 Å². The maximum atomic E-state index is 12.2. The van der Waals surface area contributed by atoms with Gasteiger partial charge in [0.15, 0.2) is 0 Å². The van der Waals surface area contributed by atoms with Crippen molar-refractivity contribution in [3.63, 3.8) is 0 Å². The number of hydrogen-bond acceptors (Lipinski definition) is 4. The number of benzene rings is 1. The van der Waals surface area contributed by atoms with Gasteiger partial charge < -0.3 is 5.32 Å². The number of aryl methyl sites for hydroxylation is 1. The first kappa shape index (κ1) is 17.0. The van der Waals surface area contributed by atoms with Crippen LogP contribution in [0, 0.1) is 14.9 Å². The molecule has 0 aliphatic heterocycles. The first-order valence-corrected chi connectivity index (χ1v) is 7.84. The molecular weight excluding hydrogens is 411 g/mol. The van der Waals surface area contributed by atoms with Crippen molar-refractivity contribution >= 4 is 34.2 Å². The van der Waals surface area contributed by atoms with Gasteiger partial charge in [0.05, 0.1) is 5.69 Å². The normalized spacial score (nSPS) is 10.1. The summed E-state index contributed by atoms with van der Waals surface area (Å²) >= 11 is 2.07. The summed E-state index contributed by atoms with van der Waals surface area (Å²) in [6.07, 6.45) is 1.21. The molecule has 0 fully saturated rings. The highest BCUT2D eigenvalue weighted by atomic mass is 127. The van der Waals surface area contributed by atoms with Gasteiger partial charge in [-0.3, -0.25) is 14.2 Å². The Labute approximate surface area is 145 Å². The van der Waals surface area contributed by atoms with Crippen molar-refractivity contribution in [2.24, 2.45) is 0 Å². The van der Waals surface area contributed by atoms with Crippen molar-refractivity contribution in [1.82, 2.24) is 9.13 Å². The molecule has 0 unspecified atom stereocenters. The van der Waals surface area contributed by atoms with Gasteiger partial charge >= 0.3 is 5.69 Å². The lowest BCUT2D eigenvalue weighted by Gasteiger charge is -2.10. The van der Waals surface area contributed by atoms with Crippen LogP contribution in [0.3, 0.4) is 0 Å². The summed E-state index contributed by atoms with van der Waals surface area (Å²) in [6, 6.07) is 8.89. The molecule has 2 aromatic rings. The molecule has 1 N–H and O–H groups in total. The molecule has 0 aliphatic carbocycles. The molecule has 1 heterocycles. The highest BCUT2D eigenvalue weighted by Gasteiger charge is 2.14. The van der Waals surface area contributed by atoms with Crippen molar-refractivity contribution in [3.8, 4) is 6.07 Å². The van der Waals surface area contributed by atoms with Crippen LogP contribution >= 0.6 is 22.6 Å². The minimum Gasteiger partial charge on any atom is -0.324 e. The van der Waals surface area contributed by atoms with Crippen molar-refractivity contribution in [2.75, 3.05) is 5.32 Å². The molecule has 1 aromatic heterocycles. The first-order chi connectivity index (χ1) is 11.0. The van der Waals surface area contributed by atoms with Gasteiger partial charge in [-0.1, -0.05) is 12.1 Å². The number of rotatable bonds is 4. The molecular formula is C15H13IN4O3. The number of amides is 1. The van der Waals surface area contributed by atoms with Crippen LogP contribution in [0.15, 0.2) is 40.1 Å². The van der Waals surface area contributed by atoms with Crippen molar-refractivity contribution < 1.29 is 4.79 Å². The average molecular weight is 424 g/mol. The third-order valence-corrected chi connectivity index (χ3v) is 4.09. The van der Waals surface area contributed by atoms with E-state index in [0.29, 0.717) is 12.2 Å². The van der Waals surface area contributed by atoms with Crippen LogP contribution in [0.2, 0.25) is 0 Å².